The van der Waals surface area contributed by atoms with Crippen molar-refractivity contribution in [3.63, 3.8) is 0 Å². The molecule has 0 N–H and O–H groups in total. The van der Waals surface area contributed by atoms with Crippen molar-refractivity contribution in [3.8, 4) is 5.13 Å². The van der Waals surface area contributed by atoms with Crippen molar-refractivity contribution in [2.24, 2.45) is 0 Å². The minimum atomic E-state index is 0.989. The molecule has 0 aliphatic heterocycles. The Morgan fingerprint density at radius 3 is 2.87 bits per heavy atom. The van der Waals surface area contributed by atoms with E-state index in [9.17, 15) is 0 Å². The van der Waals surface area contributed by atoms with Gasteiger partial charge in [-0.15, -0.1) is 0 Å². The summed E-state index contributed by atoms with van der Waals surface area (Å²) in [6.07, 6.45) is 3.88. The Hall–Kier alpha value is -1.13. The minimum absolute atomic E-state index is 0.989. The molecule has 0 aliphatic carbocycles. The predicted molar refractivity (Wildman–Crippen MR) is 66.6 cm³/mol. The summed E-state index contributed by atoms with van der Waals surface area (Å²) in [6, 6.07) is 10.4. The first-order chi connectivity index (χ1) is 7.34. The van der Waals surface area contributed by atoms with Crippen LogP contribution in [0.4, 0.5) is 0 Å². The number of rotatable bonds is 1. The van der Waals surface area contributed by atoms with Crippen molar-refractivity contribution in [1.82, 2.24) is 9.55 Å². The normalized spacial score (nSPS) is 11.0. The molecule has 0 spiro atoms. The topological polar surface area (TPSA) is 17.8 Å². The molecule has 2 aromatic heterocycles. The number of halogens is 1. The van der Waals surface area contributed by atoms with E-state index < -0.39 is 0 Å². The van der Waals surface area contributed by atoms with Gasteiger partial charge in [-0.05, 0) is 28.1 Å². The number of benzene rings is 1. The third-order valence-electron chi connectivity index (χ3n) is 2.27. The van der Waals surface area contributed by atoms with Gasteiger partial charge < -0.3 is 0 Å². The summed E-state index contributed by atoms with van der Waals surface area (Å²) < 4.78 is 3.15. The van der Waals surface area contributed by atoms with Crippen LogP contribution in [0, 0.1) is 0 Å². The first-order valence-corrected chi connectivity index (χ1v) is 6.13. The average molecular weight is 279 g/mol. The van der Waals surface area contributed by atoms with Crippen LogP contribution >= 0.6 is 27.3 Å². The lowest BCUT2D eigenvalue weighted by atomic mass is 10.2. The van der Waals surface area contributed by atoms with E-state index >= 15 is 0 Å². The van der Waals surface area contributed by atoms with E-state index in [4.69, 9.17) is 0 Å². The lowest BCUT2D eigenvalue weighted by molar-refractivity contribution is 1.09. The Balaban J connectivity index is 2.27. The third-order valence-corrected chi connectivity index (χ3v) is 3.75. The SMILES string of the molecule is Brc1cnc(-n2ccc3ccccc32)s1. The quantitative estimate of drug-likeness (QED) is 0.661. The molecule has 0 aliphatic rings. The third kappa shape index (κ3) is 1.50. The Kier molecular flexibility index (Phi) is 2.11. The van der Waals surface area contributed by atoms with Gasteiger partial charge in [0, 0.05) is 11.6 Å². The number of nitrogens with zero attached hydrogens (tertiary/aromatic N) is 2. The maximum Gasteiger partial charge on any atom is 0.195 e. The average Bonchev–Trinajstić information content (AvgIpc) is 2.83. The molecule has 0 unspecified atom stereocenters. The highest BCUT2D eigenvalue weighted by Crippen LogP contribution is 2.26. The second-order valence-electron chi connectivity index (χ2n) is 3.19. The molecule has 15 heavy (non-hydrogen) atoms. The fraction of sp³-hybridized carbons (Fsp3) is 0. The van der Waals surface area contributed by atoms with Gasteiger partial charge in [0.25, 0.3) is 0 Å². The van der Waals surface area contributed by atoms with Gasteiger partial charge in [0.1, 0.15) is 0 Å². The first kappa shape index (κ1) is 9.12. The van der Waals surface area contributed by atoms with Gasteiger partial charge in [0.2, 0.25) is 0 Å². The highest BCUT2D eigenvalue weighted by atomic mass is 79.9. The van der Waals surface area contributed by atoms with Crippen molar-refractivity contribution in [3.05, 3.63) is 46.5 Å². The molecule has 3 rings (SSSR count). The van der Waals surface area contributed by atoms with Crippen molar-refractivity contribution in [1.29, 1.82) is 0 Å². The zero-order chi connectivity index (χ0) is 10.3. The Morgan fingerprint density at radius 2 is 2.07 bits per heavy atom. The largest absolute Gasteiger partial charge is 0.293 e. The number of hydrogen-bond acceptors (Lipinski definition) is 2. The van der Waals surface area contributed by atoms with Gasteiger partial charge in [-0.25, -0.2) is 4.98 Å². The number of para-hydroxylation sites is 1. The Morgan fingerprint density at radius 1 is 1.20 bits per heavy atom. The van der Waals surface area contributed by atoms with Crippen LogP contribution < -0.4 is 0 Å². The second kappa shape index (κ2) is 3.47. The van der Waals surface area contributed by atoms with Crippen LogP contribution in [0.25, 0.3) is 16.0 Å². The number of aromatic nitrogens is 2. The first-order valence-electron chi connectivity index (χ1n) is 4.52. The van der Waals surface area contributed by atoms with E-state index in [1.807, 2.05) is 18.3 Å². The van der Waals surface area contributed by atoms with E-state index in [1.54, 1.807) is 11.3 Å². The highest BCUT2D eigenvalue weighted by Gasteiger charge is 2.05. The lowest BCUT2D eigenvalue weighted by Crippen LogP contribution is -1.88. The maximum atomic E-state index is 4.34. The zero-order valence-corrected chi connectivity index (χ0v) is 10.1. The molecule has 0 fully saturated rings. The van der Waals surface area contributed by atoms with Crippen LogP contribution in [0.2, 0.25) is 0 Å². The van der Waals surface area contributed by atoms with Crippen molar-refractivity contribution in [2.45, 2.75) is 0 Å². The molecular formula is C11H7BrN2S. The molecule has 0 amide bonds. The summed E-state index contributed by atoms with van der Waals surface area (Å²) in [7, 11) is 0. The summed E-state index contributed by atoms with van der Waals surface area (Å²) in [6.45, 7) is 0. The molecule has 0 saturated carbocycles. The van der Waals surface area contributed by atoms with Crippen LogP contribution in [0.15, 0.2) is 46.5 Å². The highest BCUT2D eigenvalue weighted by molar-refractivity contribution is 9.11. The summed E-state index contributed by atoms with van der Waals surface area (Å²) >= 11 is 5.05. The van der Waals surface area contributed by atoms with E-state index in [0.29, 0.717) is 0 Å². The summed E-state index contributed by atoms with van der Waals surface area (Å²) in [5.41, 5.74) is 1.19. The Bertz CT molecular complexity index is 612. The second-order valence-corrected chi connectivity index (χ2v) is 5.58. The van der Waals surface area contributed by atoms with Gasteiger partial charge in [0.05, 0.1) is 15.5 Å². The molecule has 3 aromatic rings. The van der Waals surface area contributed by atoms with Gasteiger partial charge >= 0.3 is 0 Å². The van der Waals surface area contributed by atoms with Crippen molar-refractivity contribution >= 4 is 38.2 Å². The zero-order valence-electron chi connectivity index (χ0n) is 7.72. The summed E-state index contributed by atoms with van der Waals surface area (Å²) in [4.78, 5) is 4.34. The number of fused-ring (bicyclic) bond motifs is 1. The molecule has 1 aromatic carbocycles. The minimum Gasteiger partial charge on any atom is -0.293 e. The fourth-order valence-corrected chi connectivity index (χ4v) is 2.79. The predicted octanol–water partition coefficient (Wildman–Crippen LogP) is 3.85. The van der Waals surface area contributed by atoms with Gasteiger partial charge in [-0.3, -0.25) is 4.57 Å². The smallest absolute Gasteiger partial charge is 0.195 e. The molecule has 2 nitrogen and oxygen atoms in total. The van der Waals surface area contributed by atoms with E-state index in [2.05, 4.69) is 49.9 Å². The molecular weight excluding hydrogens is 272 g/mol. The van der Waals surface area contributed by atoms with Crippen LogP contribution in [-0.2, 0) is 0 Å². The standard InChI is InChI=1S/C11H7BrN2S/c12-10-7-13-11(15-10)14-6-5-8-3-1-2-4-9(8)14/h1-7H. The summed E-state index contributed by atoms with van der Waals surface area (Å²) in [5, 5.41) is 2.23. The van der Waals surface area contributed by atoms with Crippen LogP contribution in [0.5, 0.6) is 0 Å². The van der Waals surface area contributed by atoms with E-state index in [1.165, 1.54) is 10.9 Å². The van der Waals surface area contributed by atoms with Crippen LogP contribution in [-0.4, -0.2) is 9.55 Å². The summed E-state index contributed by atoms with van der Waals surface area (Å²) in [5.74, 6) is 0. The molecule has 0 atom stereocenters. The van der Waals surface area contributed by atoms with Crippen molar-refractivity contribution in [2.75, 3.05) is 0 Å². The van der Waals surface area contributed by atoms with Gasteiger partial charge in [-0.2, -0.15) is 0 Å². The van der Waals surface area contributed by atoms with Gasteiger partial charge in [0.15, 0.2) is 5.13 Å². The van der Waals surface area contributed by atoms with Crippen LogP contribution in [0.3, 0.4) is 0 Å². The maximum absolute atomic E-state index is 4.34. The number of hydrogen-bond donors (Lipinski definition) is 0. The molecule has 4 heteroatoms. The molecule has 0 saturated heterocycles. The monoisotopic (exact) mass is 278 g/mol. The fourth-order valence-electron chi connectivity index (χ4n) is 1.61. The molecule has 74 valence electrons. The van der Waals surface area contributed by atoms with E-state index in [-0.39, 0.29) is 0 Å². The Labute approximate surface area is 99.3 Å². The number of thiazole rings is 1. The molecule has 0 radical (unpaired) electrons. The lowest BCUT2D eigenvalue weighted by Gasteiger charge is -1.98. The van der Waals surface area contributed by atoms with Crippen LogP contribution in [0.1, 0.15) is 0 Å². The van der Waals surface area contributed by atoms with Gasteiger partial charge in [-0.1, -0.05) is 29.5 Å². The van der Waals surface area contributed by atoms with E-state index in [0.717, 1.165) is 8.92 Å². The molecule has 0 bridgehead atoms. The molecule has 2 heterocycles. The van der Waals surface area contributed by atoms with Crippen molar-refractivity contribution < 1.29 is 0 Å².